The number of carbonyl (C=O) groups is 1. The van der Waals surface area contributed by atoms with Gasteiger partial charge < -0.3 is 4.74 Å². The number of carbonyl (C=O) groups excluding carboxylic acids is 1. The summed E-state index contributed by atoms with van der Waals surface area (Å²) in [5.74, 6) is 0.137. The van der Waals surface area contributed by atoms with Crippen molar-refractivity contribution in [2.24, 2.45) is 5.92 Å². The van der Waals surface area contributed by atoms with E-state index in [1.165, 1.54) is 12.8 Å². The second kappa shape index (κ2) is 4.12. The molecule has 2 aliphatic heterocycles. The maximum absolute atomic E-state index is 11.9. The molecule has 0 aromatic heterocycles. The molecule has 0 aromatic rings. The van der Waals surface area contributed by atoms with Gasteiger partial charge in [0.05, 0.1) is 12.0 Å². The Kier molecular flexibility index (Phi) is 3.01. The van der Waals surface area contributed by atoms with E-state index in [0.717, 1.165) is 18.9 Å². The molecule has 3 atom stereocenters. The summed E-state index contributed by atoms with van der Waals surface area (Å²) in [5, 5.41) is 0. The molecular formula is C12H21NO2. The highest BCUT2D eigenvalue weighted by Crippen LogP contribution is 2.38. The predicted octanol–water partition coefficient (Wildman–Crippen LogP) is 1.81. The maximum Gasteiger partial charge on any atom is 0.310 e. The average molecular weight is 211 g/mol. The Balaban J connectivity index is 2.00. The topological polar surface area (TPSA) is 29.5 Å². The molecule has 2 aliphatic rings. The molecule has 86 valence electrons. The fourth-order valence-corrected chi connectivity index (χ4v) is 3.03. The lowest BCUT2D eigenvalue weighted by molar-refractivity contribution is -0.156. The number of piperidine rings is 1. The van der Waals surface area contributed by atoms with Crippen LogP contribution < -0.4 is 0 Å². The van der Waals surface area contributed by atoms with E-state index < -0.39 is 0 Å². The molecule has 0 amide bonds. The number of rotatable bonds is 2. The molecule has 0 aliphatic carbocycles. The Morgan fingerprint density at radius 2 is 1.93 bits per heavy atom. The lowest BCUT2D eigenvalue weighted by Crippen LogP contribution is -2.45. The van der Waals surface area contributed by atoms with Crippen molar-refractivity contribution in [1.29, 1.82) is 0 Å². The van der Waals surface area contributed by atoms with Crippen molar-refractivity contribution in [3.8, 4) is 0 Å². The molecule has 3 heteroatoms. The molecule has 2 bridgehead atoms. The van der Waals surface area contributed by atoms with Gasteiger partial charge in [-0.25, -0.2) is 0 Å². The van der Waals surface area contributed by atoms with Crippen molar-refractivity contribution in [1.82, 2.24) is 4.90 Å². The number of esters is 1. The lowest BCUT2D eigenvalue weighted by atomic mass is 9.91. The summed E-state index contributed by atoms with van der Waals surface area (Å²) in [7, 11) is 2.15. The van der Waals surface area contributed by atoms with Crippen LogP contribution in [0.2, 0.25) is 0 Å². The second-order valence-electron chi connectivity index (χ2n) is 5.13. The summed E-state index contributed by atoms with van der Waals surface area (Å²) in [4.78, 5) is 14.3. The van der Waals surface area contributed by atoms with Crippen molar-refractivity contribution >= 4 is 5.97 Å². The van der Waals surface area contributed by atoms with Crippen LogP contribution in [0.4, 0.5) is 0 Å². The van der Waals surface area contributed by atoms with Gasteiger partial charge in [0.2, 0.25) is 0 Å². The van der Waals surface area contributed by atoms with Gasteiger partial charge in [0.15, 0.2) is 0 Å². The molecule has 15 heavy (non-hydrogen) atoms. The smallest absolute Gasteiger partial charge is 0.310 e. The van der Waals surface area contributed by atoms with Crippen molar-refractivity contribution in [2.75, 3.05) is 7.05 Å². The molecule has 0 aromatic carbocycles. The van der Waals surface area contributed by atoms with E-state index >= 15 is 0 Å². The van der Waals surface area contributed by atoms with Crippen LogP contribution in [0.25, 0.3) is 0 Å². The van der Waals surface area contributed by atoms with Crippen LogP contribution in [-0.4, -0.2) is 36.1 Å². The number of ether oxygens (including phenoxy) is 1. The molecule has 2 rings (SSSR count). The normalized spacial score (nSPS) is 35.9. The van der Waals surface area contributed by atoms with Gasteiger partial charge >= 0.3 is 5.97 Å². The number of hydrogen-bond acceptors (Lipinski definition) is 3. The van der Waals surface area contributed by atoms with Crippen molar-refractivity contribution in [2.45, 2.75) is 57.7 Å². The summed E-state index contributed by atoms with van der Waals surface area (Å²) < 4.78 is 5.32. The van der Waals surface area contributed by atoms with E-state index in [2.05, 4.69) is 11.9 Å². The van der Waals surface area contributed by atoms with Crippen LogP contribution in [0.5, 0.6) is 0 Å². The Hall–Kier alpha value is -0.570. The molecular weight excluding hydrogens is 190 g/mol. The summed E-state index contributed by atoms with van der Waals surface area (Å²) in [6.07, 6.45) is 4.61. The quantitative estimate of drug-likeness (QED) is 0.652. The second-order valence-corrected chi connectivity index (χ2v) is 5.13. The molecule has 2 heterocycles. The van der Waals surface area contributed by atoms with Gasteiger partial charge in [-0.05, 0) is 46.6 Å². The largest absolute Gasteiger partial charge is 0.463 e. The van der Waals surface area contributed by atoms with Crippen molar-refractivity contribution in [3.63, 3.8) is 0 Å². The third kappa shape index (κ3) is 2.03. The first-order chi connectivity index (χ1) is 7.09. The van der Waals surface area contributed by atoms with Gasteiger partial charge in [-0.15, -0.1) is 0 Å². The molecule has 0 N–H and O–H groups in total. The Morgan fingerprint density at radius 1 is 1.27 bits per heavy atom. The standard InChI is InChI=1S/C12H21NO2/c1-8(2)15-12(14)10-6-4-9-5-7-11(10)13(9)3/h8-11H,4-7H2,1-3H3/t9-,10?,11-/m1/s1. The van der Waals surface area contributed by atoms with Crippen LogP contribution >= 0.6 is 0 Å². The molecule has 2 saturated heterocycles. The highest BCUT2D eigenvalue weighted by Gasteiger charge is 2.43. The highest BCUT2D eigenvalue weighted by atomic mass is 16.5. The molecule has 3 nitrogen and oxygen atoms in total. The monoisotopic (exact) mass is 211 g/mol. The van der Waals surface area contributed by atoms with Crippen molar-refractivity contribution < 1.29 is 9.53 Å². The molecule has 0 spiro atoms. The van der Waals surface area contributed by atoms with Gasteiger partial charge in [-0.3, -0.25) is 9.69 Å². The summed E-state index contributed by atoms with van der Waals surface area (Å²) in [6.45, 7) is 3.84. The summed E-state index contributed by atoms with van der Waals surface area (Å²) in [5.41, 5.74) is 0. The third-order valence-electron chi connectivity index (χ3n) is 3.82. The van der Waals surface area contributed by atoms with Gasteiger partial charge in [0.25, 0.3) is 0 Å². The highest BCUT2D eigenvalue weighted by molar-refractivity contribution is 5.73. The van der Waals surface area contributed by atoms with Gasteiger partial charge in [0.1, 0.15) is 0 Å². The Bertz CT molecular complexity index is 252. The van der Waals surface area contributed by atoms with E-state index in [1.807, 2.05) is 13.8 Å². The maximum atomic E-state index is 11.9. The SMILES string of the molecule is CC(C)OC(=O)C1CC[C@@H]2CC[C@H]1N2C. The van der Waals surface area contributed by atoms with Gasteiger partial charge in [-0.1, -0.05) is 0 Å². The van der Waals surface area contributed by atoms with Crippen LogP contribution in [0.1, 0.15) is 39.5 Å². The summed E-state index contributed by atoms with van der Waals surface area (Å²) in [6, 6.07) is 1.16. The summed E-state index contributed by atoms with van der Waals surface area (Å²) >= 11 is 0. The zero-order valence-electron chi connectivity index (χ0n) is 9.90. The number of nitrogens with zero attached hydrogens (tertiary/aromatic N) is 1. The van der Waals surface area contributed by atoms with Crippen LogP contribution in [0, 0.1) is 5.92 Å². The Labute approximate surface area is 91.8 Å². The van der Waals surface area contributed by atoms with Gasteiger partial charge in [0, 0.05) is 12.1 Å². The van der Waals surface area contributed by atoms with Crippen molar-refractivity contribution in [3.05, 3.63) is 0 Å². The van der Waals surface area contributed by atoms with E-state index in [9.17, 15) is 4.79 Å². The minimum absolute atomic E-state index is 0.0157. The fraction of sp³-hybridized carbons (Fsp3) is 0.917. The predicted molar refractivity (Wildman–Crippen MR) is 58.5 cm³/mol. The minimum Gasteiger partial charge on any atom is -0.463 e. The van der Waals surface area contributed by atoms with Crippen LogP contribution in [-0.2, 0) is 9.53 Å². The lowest BCUT2D eigenvalue weighted by Gasteiger charge is -2.36. The fourth-order valence-electron chi connectivity index (χ4n) is 3.03. The minimum atomic E-state index is 0.0157. The van der Waals surface area contributed by atoms with E-state index in [4.69, 9.17) is 4.74 Å². The molecule has 0 radical (unpaired) electrons. The third-order valence-corrected chi connectivity index (χ3v) is 3.82. The first-order valence-corrected chi connectivity index (χ1v) is 6.02. The Morgan fingerprint density at radius 3 is 2.60 bits per heavy atom. The van der Waals surface area contributed by atoms with Crippen LogP contribution in [0.3, 0.4) is 0 Å². The molecule has 1 unspecified atom stereocenters. The number of hydrogen-bond donors (Lipinski definition) is 0. The first-order valence-electron chi connectivity index (χ1n) is 6.02. The number of fused-ring (bicyclic) bond motifs is 2. The van der Waals surface area contributed by atoms with E-state index in [-0.39, 0.29) is 18.0 Å². The first kappa shape index (κ1) is 10.9. The zero-order valence-corrected chi connectivity index (χ0v) is 9.90. The van der Waals surface area contributed by atoms with Crippen LogP contribution in [0.15, 0.2) is 0 Å². The zero-order chi connectivity index (χ0) is 11.0. The van der Waals surface area contributed by atoms with E-state index in [1.54, 1.807) is 0 Å². The molecule has 2 fully saturated rings. The average Bonchev–Trinajstić information content (AvgIpc) is 2.42. The van der Waals surface area contributed by atoms with E-state index in [0.29, 0.717) is 6.04 Å². The van der Waals surface area contributed by atoms with Gasteiger partial charge in [-0.2, -0.15) is 0 Å². The molecule has 0 saturated carbocycles.